The maximum Gasteiger partial charge on any atom is 0.222 e. The summed E-state index contributed by atoms with van der Waals surface area (Å²) in [5, 5.41) is 9.39. The lowest BCUT2D eigenvalue weighted by Crippen LogP contribution is -2.34. The molecule has 0 bridgehead atoms. The number of hydrogen-bond acceptors (Lipinski definition) is 2. The molecule has 222 valence electrons. The summed E-state index contributed by atoms with van der Waals surface area (Å²) in [7, 11) is 0. The quantitative estimate of drug-likeness (QED) is 0.0918. The summed E-state index contributed by atoms with van der Waals surface area (Å²) in [5.41, 5.74) is 0. The topological polar surface area (TPSA) is 40.5 Å². The fourth-order valence-electron chi connectivity index (χ4n) is 5.43. The van der Waals surface area contributed by atoms with Gasteiger partial charge in [-0.2, -0.15) is 0 Å². The lowest BCUT2D eigenvalue weighted by atomic mass is 10.0. The van der Waals surface area contributed by atoms with E-state index in [0.29, 0.717) is 13.0 Å². The van der Waals surface area contributed by atoms with E-state index in [1.54, 1.807) is 0 Å². The number of aliphatic hydroxyl groups is 1. The standard InChI is InChI=1S/C34H69NO2/c1-3-5-7-9-11-13-15-16-17-18-19-21-23-25-27-29-31-35(32-33-36)34(37)30-28-26-24-22-20-14-12-10-8-6-4-2/h36H,3-33H2,1-2H3. The molecule has 1 N–H and O–H groups in total. The van der Waals surface area contributed by atoms with Crippen molar-refractivity contribution in [3.8, 4) is 0 Å². The molecule has 0 aliphatic rings. The molecule has 0 aliphatic heterocycles. The van der Waals surface area contributed by atoms with Crippen molar-refractivity contribution in [3.05, 3.63) is 0 Å². The molecule has 0 aromatic rings. The van der Waals surface area contributed by atoms with Crippen molar-refractivity contribution in [3.63, 3.8) is 0 Å². The number of nitrogens with zero attached hydrogens (tertiary/aromatic N) is 1. The highest BCUT2D eigenvalue weighted by molar-refractivity contribution is 5.76. The van der Waals surface area contributed by atoms with Crippen LogP contribution in [0.2, 0.25) is 0 Å². The van der Waals surface area contributed by atoms with Crippen LogP contribution in [0.15, 0.2) is 0 Å². The first-order chi connectivity index (χ1) is 18.3. The molecular weight excluding hydrogens is 454 g/mol. The SMILES string of the molecule is CCCCCCCCCCCCCCCCCCN(CCO)C(=O)CCCCCCCCCCCCC. The maximum atomic E-state index is 12.6. The van der Waals surface area contributed by atoms with Gasteiger partial charge in [-0.15, -0.1) is 0 Å². The van der Waals surface area contributed by atoms with Gasteiger partial charge in [0, 0.05) is 19.5 Å². The van der Waals surface area contributed by atoms with E-state index in [1.165, 1.54) is 161 Å². The lowest BCUT2D eigenvalue weighted by Gasteiger charge is -2.22. The number of unbranched alkanes of at least 4 members (excludes halogenated alkanes) is 25. The zero-order valence-electron chi connectivity index (χ0n) is 25.7. The van der Waals surface area contributed by atoms with Crippen LogP contribution in [0.5, 0.6) is 0 Å². The van der Waals surface area contributed by atoms with Gasteiger partial charge in [0.15, 0.2) is 0 Å². The summed E-state index contributed by atoms with van der Waals surface area (Å²) in [6.45, 7) is 5.99. The zero-order chi connectivity index (χ0) is 27.1. The second kappa shape index (κ2) is 31.6. The van der Waals surface area contributed by atoms with E-state index in [2.05, 4.69) is 13.8 Å². The first kappa shape index (κ1) is 36.4. The largest absolute Gasteiger partial charge is 0.395 e. The van der Waals surface area contributed by atoms with E-state index in [1.807, 2.05) is 4.90 Å². The summed E-state index contributed by atoms with van der Waals surface area (Å²) in [6, 6.07) is 0. The van der Waals surface area contributed by atoms with Crippen molar-refractivity contribution in [2.24, 2.45) is 0 Å². The van der Waals surface area contributed by atoms with Gasteiger partial charge in [-0.05, 0) is 12.8 Å². The summed E-state index contributed by atoms with van der Waals surface area (Å²) >= 11 is 0. The Morgan fingerprint density at radius 2 is 0.730 bits per heavy atom. The second-order valence-corrected chi connectivity index (χ2v) is 11.7. The molecule has 0 saturated heterocycles. The molecular formula is C34H69NO2. The van der Waals surface area contributed by atoms with Crippen molar-refractivity contribution < 1.29 is 9.90 Å². The normalized spacial score (nSPS) is 11.3. The molecule has 3 heteroatoms. The number of rotatable bonds is 31. The van der Waals surface area contributed by atoms with Gasteiger partial charge in [0.25, 0.3) is 0 Å². The van der Waals surface area contributed by atoms with E-state index in [-0.39, 0.29) is 12.5 Å². The van der Waals surface area contributed by atoms with E-state index < -0.39 is 0 Å². The Bertz CT molecular complexity index is 440. The molecule has 0 aromatic carbocycles. The van der Waals surface area contributed by atoms with Crippen molar-refractivity contribution in [2.45, 2.75) is 194 Å². The van der Waals surface area contributed by atoms with Crippen molar-refractivity contribution in [1.29, 1.82) is 0 Å². The molecule has 0 rings (SSSR count). The van der Waals surface area contributed by atoms with Gasteiger partial charge in [-0.1, -0.05) is 174 Å². The van der Waals surface area contributed by atoms with Gasteiger partial charge in [0.2, 0.25) is 5.91 Å². The fraction of sp³-hybridized carbons (Fsp3) is 0.971. The van der Waals surface area contributed by atoms with Gasteiger partial charge in [-0.25, -0.2) is 0 Å². The Labute approximate surface area is 233 Å². The van der Waals surface area contributed by atoms with Gasteiger partial charge in [0.1, 0.15) is 0 Å². The summed E-state index contributed by atoms with van der Waals surface area (Å²) in [5.74, 6) is 0.255. The third-order valence-electron chi connectivity index (χ3n) is 8.00. The highest BCUT2D eigenvalue weighted by Crippen LogP contribution is 2.15. The number of aliphatic hydroxyl groups excluding tert-OH is 1. The molecule has 0 unspecified atom stereocenters. The van der Waals surface area contributed by atoms with E-state index >= 15 is 0 Å². The molecule has 37 heavy (non-hydrogen) atoms. The Hall–Kier alpha value is -0.570. The number of carbonyl (C=O) groups is 1. The van der Waals surface area contributed by atoms with Gasteiger partial charge in [0.05, 0.1) is 6.61 Å². The highest BCUT2D eigenvalue weighted by atomic mass is 16.3. The minimum Gasteiger partial charge on any atom is -0.395 e. The molecule has 0 spiro atoms. The molecule has 0 aliphatic carbocycles. The van der Waals surface area contributed by atoms with Crippen molar-refractivity contribution >= 4 is 5.91 Å². The number of amides is 1. The highest BCUT2D eigenvalue weighted by Gasteiger charge is 2.12. The first-order valence-electron chi connectivity index (χ1n) is 17.1. The average Bonchev–Trinajstić information content (AvgIpc) is 2.90. The van der Waals surface area contributed by atoms with E-state index in [0.717, 1.165) is 19.4 Å². The minimum atomic E-state index is 0.0862. The molecule has 0 saturated carbocycles. The van der Waals surface area contributed by atoms with Crippen molar-refractivity contribution in [2.75, 3.05) is 19.7 Å². The average molecular weight is 524 g/mol. The lowest BCUT2D eigenvalue weighted by molar-refractivity contribution is -0.131. The van der Waals surface area contributed by atoms with E-state index in [9.17, 15) is 9.90 Å². The van der Waals surface area contributed by atoms with Gasteiger partial charge < -0.3 is 10.0 Å². The molecule has 1 amide bonds. The van der Waals surface area contributed by atoms with E-state index in [4.69, 9.17) is 0 Å². The van der Waals surface area contributed by atoms with Crippen LogP contribution in [-0.4, -0.2) is 35.6 Å². The van der Waals surface area contributed by atoms with Crippen LogP contribution >= 0.6 is 0 Å². The Balaban J connectivity index is 3.51. The first-order valence-corrected chi connectivity index (χ1v) is 17.1. The monoisotopic (exact) mass is 524 g/mol. The van der Waals surface area contributed by atoms with Crippen LogP contribution in [-0.2, 0) is 4.79 Å². The number of hydrogen-bond donors (Lipinski definition) is 1. The smallest absolute Gasteiger partial charge is 0.222 e. The molecule has 0 atom stereocenters. The number of carbonyl (C=O) groups excluding carboxylic acids is 1. The second-order valence-electron chi connectivity index (χ2n) is 11.7. The van der Waals surface area contributed by atoms with Crippen LogP contribution in [0.25, 0.3) is 0 Å². The summed E-state index contributed by atoms with van der Waals surface area (Å²) in [6.07, 6.45) is 37.0. The fourth-order valence-corrected chi connectivity index (χ4v) is 5.43. The van der Waals surface area contributed by atoms with Crippen molar-refractivity contribution in [1.82, 2.24) is 4.90 Å². The third kappa shape index (κ3) is 28.3. The predicted molar refractivity (Wildman–Crippen MR) is 164 cm³/mol. The third-order valence-corrected chi connectivity index (χ3v) is 8.00. The zero-order valence-corrected chi connectivity index (χ0v) is 25.7. The van der Waals surface area contributed by atoms with Crippen LogP contribution in [0.3, 0.4) is 0 Å². The van der Waals surface area contributed by atoms with Gasteiger partial charge >= 0.3 is 0 Å². The summed E-state index contributed by atoms with van der Waals surface area (Å²) < 4.78 is 0. The van der Waals surface area contributed by atoms with Gasteiger partial charge in [-0.3, -0.25) is 4.79 Å². The molecule has 0 radical (unpaired) electrons. The molecule has 0 heterocycles. The molecule has 3 nitrogen and oxygen atoms in total. The maximum absolute atomic E-state index is 12.6. The molecule has 0 aromatic heterocycles. The Morgan fingerprint density at radius 1 is 0.432 bits per heavy atom. The predicted octanol–water partition coefficient (Wildman–Crippen LogP) is 10.8. The summed E-state index contributed by atoms with van der Waals surface area (Å²) in [4.78, 5) is 14.5. The minimum absolute atomic E-state index is 0.0862. The van der Waals surface area contributed by atoms with Crippen LogP contribution in [0.1, 0.15) is 194 Å². The Kier molecular flexibility index (Phi) is 31.2. The van der Waals surface area contributed by atoms with Crippen LogP contribution in [0, 0.1) is 0 Å². The van der Waals surface area contributed by atoms with Crippen LogP contribution < -0.4 is 0 Å². The van der Waals surface area contributed by atoms with Crippen LogP contribution in [0.4, 0.5) is 0 Å². The molecule has 0 fully saturated rings. The Morgan fingerprint density at radius 3 is 1.05 bits per heavy atom.